The van der Waals surface area contributed by atoms with E-state index in [4.69, 9.17) is 0 Å². The molecule has 1 aromatic carbocycles. The second kappa shape index (κ2) is 5.28. The van der Waals surface area contributed by atoms with E-state index in [1.165, 1.54) is 0 Å². The first-order valence-electron chi connectivity index (χ1n) is 6.66. The molecule has 0 saturated heterocycles. The Bertz CT molecular complexity index is 759. The third kappa shape index (κ3) is 2.33. The molecule has 0 amide bonds. The Labute approximate surface area is 122 Å². The van der Waals surface area contributed by atoms with Crippen LogP contribution in [0.4, 0.5) is 5.69 Å². The van der Waals surface area contributed by atoms with Gasteiger partial charge in [-0.2, -0.15) is 0 Å². The van der Waals surface area contributed by atoms with E-state index in [-0.39, 0.29) is 16.5 Å². The van der Waals surface area contributed by atoms with E-state index in [9.17, 15) is 10.1 Å². The summed E-state index contributed by atoms with van der Waals surface area (Å²) < 4.78 is 1.99. The Morgan fingerprint density at radius 3 is 2.57 bits per heavy atom. The van der Waals surface area contributed by atoms with Crippen LogP contribution in [-0.2, 0) is 7.05 Å². The number of aromatic amines is 1. The summed E-state index contributed by atoms with van der Waals surface area (Å²) in [6.45, 7) is 0. The van der Waals surface area contributed by atoms with Crippen molar-refractivity contribution in [2.24, 2.45) is 7.05 Å². The van der Waals surface area contributed by atoms with Gasteiger partial charge in [-0.15, -0.1) is 0 Å². The lowest BCUT2D eigenvalue weighted by Gasteiger charge is -2.17. The summed E-state index contributed by atoms with van der Waals surface area (Å²) in [5.41, 5.74) is 2.77. The maximum Gasteiger partial charge on any atom is 0.273 e. The van der Waals surface area contributed by atoms with Crippen LogP contribution in [0.25, 0.3) is 0 Å². The minimum atomic E-state index is -0.325. The highest BCUT2D eigenvalue weighted by Gasteiger charge is 2.26. The summed E-state index contributed by atoms with van der Waals surface area (Å²) in [5, 5.41) is 11.3. The van der Waals surface area contributed by atoms with Crippen molar-refractivity contribution in [3.8, 4) is 0 Å². The third-order valence-electron chi connectivity index (χ3n) is 3.66. The zero-order valence-electron chi connectivity index (χ0n) is 11.6. The van der Waals surface area contributed by atoms with Crippen LogP contribution in [0.15, 0.2) is 60.9 Å². The first-order chi connectivity index (χ1) is 10.2. The largest absolute Gasteiger partial charge is 0.364 e. The van der Waals surface area contributed by atoms with E-state index in [2.05, 4.69) is 4.98 Å². The molecule has 0 aliphatic rings. The molecule has 0 aliphatic heterocycles. The van der Waals surface area contributed by atoms with Crippen molar-refractivity contribution in [3.05, 3.63) is 88.0 Å². The van der Waals surface area contributed by atoms with E-state index in [1.807, 2.05) is 60.4 Å². The fourth-order valence-corrected chi connectivity index (χ4v) is 2.68. The van der Waals surface area contributed by atoms with Crippen molar-refractivity contribution >= 4 is 5.69 Å². The Hall–Kier alpha value is -2.82. The number of H-pyrrole nitrogens is 1. The van der Waals surface area contributed by atoms with Crippen LogP contribution < -0.4 is 0 Å². The fourth-order valence-electron chi connectivity index (χ4n) is 2.68. The zero-order chi connectivity index (χ0) is 14.8. The van der Waals surface area contributed by atoms with Crippen LogP contribution in [0.5, 0.6) is 0 Å². The first kappa shape index (κ1) is 13.2. The SMILES string of the molecule is Cn1cccc1C(c1ccc[nH]1)c1ccccc1[N+](=O)[O-]. The smallest absolute Gasteiger partial charge is 0.273 e. The molecule has 0 fully saturated rings. The van der Waals surface area contributed by atoms with Gasteiger partial charge in [-0.1, -0.05) is 18.2 Å². The van der Waals surface area contributed by atoms with E-state index in [1.54, 1.807) is 12.1 Å². The van der Waals surface area contributed by atoms with Gasteiger partial charge >= 0.3 is 0 Å². The number of benzene rings is 1. The van der Waals surface area contributed by atoms with Gasteiger partial charge in [0.1, 0.15) is 0 Å². The second-order valence-corrected chi connectivity index (χ2v) is 4.92. The number of aromatic nitrogens is 2. The molecule has 2 heterocycles. The highest BCUT2D eigenvalue weighted by molar-refractivity contribution is 5.50. The lowest BCUT2D eigenvalue weighted by atomic mass is 9.91. The van der Waals surface area contributed by atoms with E-state index in [0.717, 1.165) is 11.4 Å². The molecule has 21 heavy (non-hydrogen) atoms. The molecule has 0 radical (unpaired) electrons. The van der Waals surface area contributed by atoms with Gasteiger partial charge in [0, 0.05) is 42.5 Å². The molecule has 3 rings (SSSR count). The number of nitrogens with zero attached hydrogens (tertiary/aromatic N) is 2. The molecule has 1 N–H and O–H groups in total. The number of rotatable bonds is 4. The Balaban J connectivity index is 2.22. The number of nitrogens with one attached hydrogen (secondary N) is 1. The molecule has 1 unspecified atom stereocenters. The van der Waals surface area contributed by atoms with Gasteiger partial charge in [-0.3, -0.25) is 10.1 Å². The Kier molecular flexibility index (Phi) is 3.31. The standard InChI is InChI=1S/C16H15N3O2/c1-18-11-5-9-15(18)16(13-7-4-10-17-13)12-6-2-3-8-14(12)19(20)21/h2-11,16-17H,1H3. The summed E-state index contributed by atoms with van der Waals surface area (Å²) in [6, 6.07) is 14.7. The maximum absolute atomic E-state index is 11.3. The van der Waals surface area contributed by atoms with Crippen molar-refractivity contribution in [1.82, 2.24) is 9.55 Å². The molecule has 0 aliphatic carbocycles. The van der Waals surface area contributed by atoms with Crippen molar-refractivity contribution < 1.29 is 4.92 Å². The van der Waals surface area contributed by atoms with Crippen molar-refractivity contribution in [3.63, 3.8) is 0 Å². The molecule has 1 atom stereocenters. The molecule has 106 valence electrons. The van der Waals surface area contributed by atoms with Gasteiger partial charge in [0.25, 0.3) is 5.69 Å². The minimum absolute atomic E-state index is 0.137. The van der Waals surface area contributed by atoms with E-state index >= 15 is 0 Å². The van der Waals surface area contributed by atoms with Gasteiger partial charge in [0.05, 0.1) is 10.8 Å². The average Bonchev–Trinajstić information content (AvgIpc) is 3.13. The van der Waals surface area contributed by atoms with Crippen molar-refractivity contribution in [1.29, 1.82) is 0 Å². The first-order valence-corrected chi connectivity index (χ1v) is 6.66. The molecule has 0 saturated carbocycles. The fraction of sp³-hybridized carbons (Fsp3) is 0.125. The van der Waals surface area contributed by atoms with Gasteiger partial charge in [-0.05, 0) is 24.3 Å². The molecule has 3 aromatic rings. The topological polar surface area (TPSA) is 63.9 Å². The number of nitro groups is 1. The molecular weight excluding hydrogens is 266 g/mol. The van der Waals surface area contributed by atoms with E-state index < -0.39 is 0 Å². The summed E-state index contributed by atoms with van der Waals surface area (Å²) in [5.74, 6) is -0.193. The molecule has 5 heteroatoms. The summed E-state index contributed by atoms with van der Waals surface area (Å²) in [7, 11) is 1.94. The number of aryl methyl sites for hydroxylation is 1. The number of hydrogen-bond donors (Lipinski definition) is 1. The molecule has 0 bridgehead atoms. The van der Waals surface area contributed by atoms with Crippen LogP contribution in [-0.4, -0.2) is 14.5 Å². The highest BCUT2D eigenvalue weighted by Crippen LogP contribution is 2.36. The normalized spacial score (nSPS) is 12.2. The lowest BCUT2D eigenvalue weighted by molar-refractivity contribution is -0.385. The molecule has 5 nitrogen and oxygen atoms in total. The van der Waals surface area contributed by atoms with Gasteiger partial charge < -0.3 is 9.55 Å². The number of para-hydroxylation sites is 1. The van der Waals surface area contributed by atoms with E-state index in [0.29, 0.717) is 5.56 Å². The van der Waals surface area contributed by atoms with Crippen LogP contribution >= 0.6 is 0 Å². The van der Waals surface area contributed by atoms with Crippen LogP contribution in [0.1, 0.15) is 22.9 Å². The quantitative estimate of drug-likeness (QED) is 0.588. The summed E-state index contributed by atoms with van der Waals surface area (Å²) in [6.07, 6.45) is 3.78. The lowest BCUT2D eigenvalue weighted by Crippen LogP contribution is -2.10. The van der Waals surface area contributed by atoms with Gasteiger partial charge in [0.15, 0.2) is 0 Å². The Morgan fingerprint density at radius 2 is 1.95 bits per heavy atom. The van der Waals surface area contributed by atoms with Crippen LogP contribution in [0.2, 0.25) is 0 Å². The monoisotopic (exact) mass is 281 g/mol. The predicted octanol–water partition coefficient (Wildman–Crippen LogP) is 3.44. The second-order valence-electron chi connectivity index (χ2n) is 4.92. The number of hydrogen-bond acceptors (Lipinski definition) is 2. The van der Waals surface area contributed by atoms with Crippen molar-refractivity contribution in [2.75, 3.05) is 0 Å². The minimum Gasteiger partial charge on any atom is -0.364 e. The van der Waals surface area contributed by atoms with Gasteiger partial charge in [0.2, 0.25) is 0 Å². The molecule has 0 spiro atoms. The Morgan fingerprint density at radius 1 is 1.14 bits per heavy atom. The van der Waals surface area contributed by atoms with Crippen LogP contribution in [0.3, 0.4) is 0 Å². The zero-order valence-corrected chi connectivity index (χ0v) is 11.6. The average molecular weight is 281 g/mol. The molecular formula is C16H15N3O2. The highest BCUT2D eigenvalue weighted by atomic mass is 16.6. The number of nitro benzene ring substituents is 1. The van der Waals surface area contributed by atoms with Crippen molar-refractivity contribution in [2.45, 2.75) is 5.92 Å². The third-order valence-corrected chi connectivity index (χ3v) is 3.66. The summed E-state index contributed by atoms with van der Waals surface area (Å²) in [4.78, 5) is 14.2. The summed E-state index contributed by atoms with van der Waals surface area (Å²) >= 11 is 0. The predicted molar refractivity (Wildman–Crippen MR) is 80.2 cm³/mol. The van der Waals surface area contributed by atoms with Gasteiger partial charge in [-0.25, -0.2) is 0 Å². The maximum atomic E-state index is 11.3. The van der Waals surface area contributed by atoms with Crippen LogP contribution in [0, 0.1) is 10.1 Å². The molecule has 2 aromatic heterocycles.